The fraction of sp³-hybridized carbons (Fsp3) is 0.455. The third-order valence-corrected chi connectivity index (χ3v) is 2.46. The molecule has 1 aromatic carbocycles. The summed E-state index contributed by atoms with van der Waals surface area (Å²) in [5.74, 6) is -0.234. The van der Waals surface area contributed by atoms with Gasteiger partial charge in [0.2, 0.25) is 0 Å². The van der Waals surface area contributed by atoms with Crippen LogP contribution in [-0.4, -0.2) is 6.36 Å². The Bertz CT molecular complexity index is 360. The number of hydrogen-bond acceptors (Lipinski definition) is 2. The third-order valence-electron chi connectivity index (χ3n) is 2.46. The number of ether oxygens (including phenoxy) is 1. The number of hydrogen-bond donors (Lipinski definition) is 1. The van der Waals surface area contributed by atoms with E-state index >= 15 is 0 Å². The van der Waals surface area contributed by atoms with Gasteiger partial charge in [-0.25, -0.2) is 0 Å². The lowest BCUT2D eigenvalue weighted by Crippen LogP contribution is -2.33. The first kappa shape index (κ1) is 12.8. The van der Waals surface area contributed by atoms with Crippen LogP contribution in [0.1, 0.15) is 25.8 Å². The molecule has 0 heterocycles. The molecule has 0 aliphatic carbocycles. The van der Waals surface area contributed by atoms with Crippen molar-refractivity contribution in [3.05, 3.63) is 29.8 Å². The van der Waals surface area contributed by atoms with Crippen molar-refractivity contribution in [1.29, 1.82) is 0 Å². The van der Waals surface area contributed by atoms with Gasteiger partial charge in [-0.3, -0.25) is 0 Å². The van der Waals surface area contributed by atoms with Crippen LogP contribution in [0.3, 0.4) is 0 Å². The van der Waals surface area contributed by atoms with Crippen LogP contribution in [0, 0.1) is 0 Å². The van der Waals surface area contributed by atoms with Crippen molar-refractivity contribution in [2.24, 2.45) is 5.73 Å². The Kier molecular flexibility index (Phi) is 3.48. The maximum Gasteiger partial charge on any atom is 0.573 e. The molecule has 0 saturated heterocycles. The maximum absolute atomic E-state index is 12.2. The van der Waals surface area contributed by atoms with E-state index in [0.29, 0.717) is 12.0 Å². The first-order valence-electron chi connectivity index (χ1n) is 4.90. The second-order valence-electron chi connectivity index (χ2n) is 3.81. The quantitative estimate of drug-likeness (QED) is 0.870. The highest BCUT2D eigenvalue weighted by Crippen LogP contribution is 2.33. The van der Waals surface area contributed by atoms with Crippen LogP contribution in [0.5, 0.6) is 5.75 Å². The van der Waals surface area contributed by atoms with Crippen LogP contribution in [-0.2, 0) is 5.54 Å². The van der Waals surface area contributed by atoms with Crippen LogP contribution in [0.15, 0.2) is 24.3 Å². The minimum Gasteiger partial charge on any atom is -0.405 e. The third kappa shape index (κ3) is 3.13. The monoisotopic (exact) mass is 233 g/mol. The fourth-order valence-electron chi connectivity index (χ4n) is 1.34. The molecule has 1 unspecified atom stereocenters. The number of halogens is 3. The summed E-state index contributed by atoms with van der Waals surface area (Å²) in [5, 5.41) is 0. The topological polar surface area (TPSA) is 35.2 Å². The van der Waals surface area contributed by atoms with Crippen molar-refractivity contribution >= 4 is 0 Å². The molecule has 0 aliphatic rings. The SMILES string of the molecule is CCC(C)(N)c1ccccc1OC(F)(F)F. The van der Waals surface area contributed by atoms with Gasteiger partial charge in [-0.2, -0.15) is 0 Å². The number of nitrogens with two attached hydrogens (primary N) is 1. The van der Waals surface area contributed by atoms with Gasteiger partial charge in [-0.1, -0.05) is 25.1 Å². The summed E-state index contributed by atoms with van der Waals surface area (Å²) in [6.45, 7) is 3.48. The molecular weight excluding hydrogens is 219 g/mol. The molecular formula is C11H14F3NO. The van der Waals surface area contributed by atoms with Gasteiger partial charge in [0, 0.05) is 11.1 Å². The fourth-order valence-corrected chi connectivity index (χ4v) is 1.34. The molecule has 0 spiro atoms. The highest BCUT2D eigenvalue weighted by molar-refractivity contribution is 5.38. The minimum absolute atomic E-state index is 0.234. The number of benzene rings is 1. The molecule has 5 heteroatoms. The van der Waals surface area contributed by atoms with Crippen LogP contribution >= 0.6 is 0 Å². The molecule has 2 N–H and O–H groups in total. The Labute approximate surface area is 92.2 Å². The summed E-state index contributed by atoms with van der Waals surface area (Å²) in [4.78, 5) is 0. The first-order valence-corrected chi connectivity index (χ1v) is 4.90. The number of alkyl halides is 3. The molecule has 0 aromatic heterocycles. The van der Waals surface area contributed by atoms with Crippen molar-refractivity contribution in [1.82, 2.24) is 0 Å². The second kappa shape index (κ2) is 4.33. The zero-order valence-corrected chi connectivity index (χ0v) is 9.14. The molecule has 1 aromatic rings. The molecule has 0 radical (unpaired) electrons. The molecule has 2 nitrogen and oxygen atoms in total. The Balaban J connectivity index is 3.11. The number of para-hydroxylation sites is 1. The molecule has 16 heavy (non-hydrogen) atoms. The largest absolute Gasteiger partial charge is 0.573 e. The summed E-state index contributed by atoms with van der Waals surface area (Å²) in [6, 6.07) is 5.93. The summed E-state index contributed by atoms with van der Waals surface area (Å²) in [5.41, 5.74) is 5.43. The Morgan fingerprint density at radius 3 is 2.31 bits per heavy atom. The van der Waals surface area contributed by atoms with E-state index in [4.69, 9.17) is 5.73 Å². The lowest BCUT2D eigenvalue weighted by atomic mass is 9.90. The van der Waals surface area contributed by atoms with Crippen LogP contribution in [0.2, 0.25) is 0 Å². The smallest absolute Gasteiger partial charge is 0.405 e. The second-order valence-corrected chi connectivity index (χ2v) is 3.81. The summed E-state index contributed by atoms with van der Waals surface area (Å²) >= 11 is 0. The van der Waals surface area contributed by atoms with Crippen molar-refractivity contribution < 1.29 is 17.9 Å². The van der Waals surface area contributed by atoms with Crippen LogP contribution < -0.4 is 10.5 Å². The maximum atomic E-state index is 12.2. The average Bonchev–Trinajstić information content (AvgIpc) is 2.16. The molecule has 0 amide bonds. The van der Waals surface area contributed by atoms with Crippen molar-refractivity contribution in [3.8, 4) is 5.75 Å². The van der Waals surface area contributed by atoms with Gasteiger partial charge >= 0.3 is 6.36 Å². The normalized spacial score (nSPS) is 15.6. The molecule has 90 valence electrons. The minimum atomic E-state index is -4.69. The van der Waals surface area contributed by atoms with E-state index in [1.54, 1.807) is 19.1 Å². The Morgan fingerprint density at radius 1 is 1.25 bits per heavy atom. The Hall–Kier alpha value is -1.23. The highest BCUT2D eigenvalue weighted by atomic mass is 19.4. The van der Waals surface area contributed by atoms with E-state index < -0.39 is 11.9 Å². The van der Waals surface area contributed by atoms with Gasteiger partial charge in [-0.05, 0) is 19.4 Å². The van der Waals surface area contributed by atoms with E-state index in [1.165, 1.54) is 12.1 Å². The molecule has 0 aliphatic heterocycles. The zero-order chi connectivity index (χ0) is 12.4. The summed E-state index contributed by atoms with van der Waals surface area (Å²) in [7, 11) is 0. The van der Waals surface area contributed by atoms with E-state index in [0.717, 1.165) is 0 Å². The van der Waals surface area contributed by atoms with Gasteiger partial charge in [0.15, 0.2) is 0 Å². The van der Waals surface area contributed by atoms with Gasteiger partial charge in [0.1, 0.15) is 5.75 Å². The van der Waals surface area contributed by atoms with Crippen LogP contribution in [0.25, 0.3) is 0 Å². The van der Waals surface area contributed by atoms with E-state index in [9.17, 15) is 13.2 Å². The zero-order valence-electron chi connectivity index (χ0n) is 9.14. The number of rotatable bonds is 3. The van der Waals surface area contributed by atoms with Gasteiger partial charge < -0.3 is 10.5 Å². The van der Waals surface area contributed by atoms with Gasteiger partial charge in [0.25, 0.3) is 0 Å². The predicted molar refractivity (Wildman–Crippen MR) is 55.0 cm³/mol. The first-order chi connectivity index (χ1) is 7.26. The van der Waals surface area contributed by atoms with Gasteiger partial charge in [0.05, 0.1) is 0 Å². The molecule has 1 rings (SSSR count). The van der Waals surface area contributed by atoms with Crippen molar-refractivity contribution in [2.45, 2.75) is 32.2 Å². The standard InChI is InChI=1S/C11H14F3NO/c1-3-10(2,15)8-6-4-5-7-9(8)16-11(12,13)14/h4-7H,3,15H2,1-2H3. The molecule has 0 bridgehead atoms. The highest BCUT2D eigenvalue weighted by Gasteiger charge is 2.34. The molecule has 1 atom stereocenters. The predicted octanol–water partition coefficient (Wildman–Crippen LogP) is 3.17. The van der Waals surface area contributed by atoms with Gasteiger partial charge in [-0.15, -0.1) is 13.2 Å². The average molecular weight is 233 g/mol. The lowest BCUT2D eigenvalue weighted by molar-refractivity contribution is -0.275. The van der Waals surface area contributed by atoms with E-state index in [1.807, 2.05) is 6.92 Å². The van der Waals surface area contributed by atoms with E-state index in [2.05, 4.69) is 4.74 Å². The lowest BCUT2D eigenvalue weighted by Gasteiger charge is -2.26. The molecule has 0 fully saturated rings. The van der Waals surface area contributed by atoms with Crippen molar-refractivity contribution in [2.75, 3.05) is 0 Å². The summed E-state index contributed by atoms with van der Waals surface area (Å²) < 4.78 is 40.4. The van der Waals surface area contributed by atoms with E-state index in [-0.39, 0.29) is 5.75 Å². The van der Waals surface area contributed by atoms with Crippen LogP contribution in [0.4, 0.5) is 13.2 Å². The summed E-state index contributed by atoms with van der Waals surface area (Å²) in [6.07, 6.45) is -4.18. The Morgan fingerprint density at radius 2 is 1.81 bits per heavy atom. The molecule has 0 saturated carbocycles. The van der Waals surface area contributed by atoms with Crippen molar-refractivity contribution in [3.63, 3.8) is 0 Å².